The number of carbonyl (C=O) groups is 2. The number of allylic oxidation sites excluding steroid dienone is 5. The second-order valence-electron chi connectivity index (χ2n) is 8.90. The van der Waals surface area contributed by atoms with E-state index in [1.165, 1.54) is 17.1 Å². The van der Waals surface area contributed by atoms with Gasteiger partial charge in [-0.3, -0.25) is 25.0 Å². The first-order valence-electron chi connectivity index (χ1n) is 12.9. The van der Waals surface area contributed by atoms with Crippen LogP contribution in [0.2, 0.25) is 0 Å². The standard InChI is InChI=1S/C25H24N4O2S2.C8H12/c1-27(26-24(32)19-12-6-3-7-13-19)22(30)18-23(31)28(2)29(21-16-10-5-11-17-21)25(33)20-14-8-4-9-15-20;1-4-5-6-7-8(2)3/h3-17H,18H2,1-2H3,(H,26,32);4-7H,2H2,1,3H3/b;5-4-,7-6-. The average molecular weight is 585 g/mol. The smallest absolute Gasteiger partial charge is 0.250 e. The fraction of sp³-hybridized carbons (Fsp3) is 0.152. The molecule has 6 nitrogen and oxygen atoms in total. The van der Waals surface area contributed by atoms with Crippen molar-refractivity contribution < 1.29 is 9.59 Å². The minimum absolute atomic E-state index is 0.363. The van der Waals surface area contributed by atoms with E-state index >= 15 is 0 Å². The van der Waals surface area contributed by atoms with Gasteiger partial charge in [0.15, 0.2) is 0 Å². The van der Waals surface area contributed by atoms with Gasteiger partial charge in [-0.15, -0.1) is 0 Å². The van der Waals surface area contributed by atoms with E-state index in [9.17, 15) is 9.59 Å². The van der Waals surface area contributed by atoms with Crippen molar-refractivity contribution in [1.29, 1.82) is 0 Å². The monoisotopic (exact) mass is 584 g/mol. The molecule has 0 fully saturated rings. The van der Waals surface area contributed by atoms with Crippen molar-refractivity contribution in [3.05, 3.63) is 139 Å². The summed E-state index contributed by atoms with van der Waals surface area (Å²) in [5.74, 6) is -0.842. The second kappa shape index (κ2) is 17.3. The predicted molar refractivity (Wildman–Crippen MR) is 177 cm³/mol. The number of hydrogen-bond donors (Lipinski definition) is 1. The summed E-state index contributed by atoms with van der Waals surface area (Å²) in [5.41, 5.74) is 6.22. The van der Waals surface area contributed by atoms with Crippen LogP contribution in [0.4, 0.5) is 5.69 Å². The molecule has 0 aliphatic rings. The molecule has 0 spiro atoms. The van der Waals surface area contributed by atoms with Crippen LogP contribution in [0.25, 0.3) is 0 Å². The van der Waals surface area contributed by atoms with Gasteiger partial charge in [0, 0.05) is 25.2 Å². The van der Waals surface area contributed by atoms with Crippen molar-refractivity contribution >= 4 is 51.9 Å². The number of hydrazine groups is 2. The predicted octanol–water partition coefficient (Wildman–Crippen LogP) is 6.67. The zero-order chi connectivity index (χ0) is 30.2. The van der Waals surface area contributed by atoms with Crippen LogP contribution in [-0.4, -0.2) is 45.9 Å². The van der Waals surface area contributed by atoms with E-state index < -0.39 is 11.8 Å². The molecule has 0 unspecified atom stereocenters. The summed E-state index contributed by atoms with van der Waals surface area (Å²) in [6.45, 7) is 7.67. The van der Waals surface area contributed by atoms with Crippen molar-refractivity contribution in [1.82, 2.24) is 15.4 Å². The topological polar surface area (TPSA) is 55.9 Å². The summed E-state index contributed by atoms with van der Waals surface area (Å²) >= 11 is 11.1. The number of rotatable bonds is 7. The highest BCUT2D eigenvalue weighted by Gasteiger charge is 2.26. The molecule has 3 aromatic carbocycles. The quantitative estimate of drug-likeness (QED) is 0.145. The summed E-state index contributed by atoms with van der Waals surface area (Å²) < 4.78 is 0. The van der Waals surface area contributed by atoms with Crippen molar-refractivity contribution in [3.63, 3.8) is 0 Å². The molecule has 0 aromatic heterocycles. The zero-order valence-electron chi connectivity index (χ0n) is 23.9. The molecule has 2 amide bonds. The number of nitrogens with zero attached hydrogens (tertiary/aromatic N) is 3. The van der Waals surface area contributed by atoms with Gasteiger partial charge >= 0.3 is 0 Å². The molecule has 0 aliphatic carbocycles. The Labute approximate surface area is 254 Å². The molecule has 0 bridgehead atoms. The molecule has 0 saturated heterocycles. The maximum absolute atomic E-state index is 13.1. The number of benzene rings is 3. The van der Waals surface area contributed by atoms with Gasteiger partial charge in [0.2, 0.25) is 5.91 Å². The van der Waals surface area contributed by atoms with E-state index in [0.717, 1.165) is 16.7 Å². The zero-order valence-corrected chi connectivity index (χ0v) is 25.5. The molecule has 0 heterocycles. The van der Waals surface area contributed by atoms with Crippen molar-refractivity contribution in [2.75, 3.05) is 19.1 Å². The molecule has 0 saturated carbocycles. The van der Waals surface area contributed by atoms with Crippen molar-refractivity contribution in [2.45, 2.75) is 20.3 Å². The van der Waals surface area contributed by atoms with Crippen molar-refractivity contribution in [3.8, 4) is 0 Å². The Balaban J connectivity index is 0.000000642. The SMILES string of the molecule is C=C(C)/C=C\C=C/C.CN(NC(=S)c1ccccc1)C(=O)CC(=O)N(C)N(C(=S)c1ccccc1)c1ccccc1. The number of anilines is 1. The second-order valence-corrected chi connectivity index (χ2v) is 9.70. The van der Waals surface area contributed by atoms with Gasteiger partial charge in [0.1, 0.15) is 16.4 Å². The Hall–Kier alpha value is -4.40. The molecule has 0 radical (unpaired) electrons. The maximum atomic E-state index is 13.1. The van der Waals surface area contributed by atoms with Crippen LogP contribution in [-0.2, 0) is 9.59 Å². The number of para-hydroxylation sites is 1. The fourth-order valence-corrected chi connectivity index (χ4v) is 4.01. The number of amides is 2. The van der Waals surface area contributed by atoms with Gasteiger partial charge < -0.3 is 0 Å². The summed E-state index contributed by atoms with van der Waals surface area (Å²) in [5, 5.41) is 4.22. The third-order valence-corrected chi connectivity index (χ3v) is 6.28. The van der Waals surface area contributed by atoms with Crippen LogP contribution < -0.4 is 10.4 Å². The van der Waals surface area contributed by atoms with Crippen LogP contribution in [0.5, 0.6) is 0 Å². The summed E-state index contributed by atoms with van der Waals surface area (Å²) in [6, 6.07) is 28.0. The molecule has 212 valence electrons. The van der Waals surface area contributed by atoms with Crippen LogP contribution in [0, 0.1) is 0 Å². The van der Waals surface area contributed by atoms with Gasteiger partial charge in [0.25, 0.3) is 5.91 Å². The van der Waals surface area contributed by atoms with Gasteiger partial charge in [0.05, 0.1) is 5.69 Å². The van der Waals surface area contributed by atoms with Crippen LogP contribution in [0.1, 0.15) is 31.4 Å². The Morgan fingerprint density at radius 2 is 1.32 bits per heavy atom. The highest BCUT2D eigenvalue weighted by Crippen LogP contribution is 2.20. The molecule has 3 aromatic rings. The number of carbonyl (C=O) groups excluding carboxylic acids is 2. The minimum atomic E-state index is -0.427. The molecule has 8 heteroatoms. The molecule has 41 heavy (non-hydrogen) atoms. The highest BCUT2D eigenvalue weighted by atomic mass is 32.1. The summed E-state index contributed by atoms with van der Waals surface area (Å²) in [4.78, 5) is 26.6. The third-order valence-electron chi connectivity index (χ3n) is 5.54. The number of hydrogen-bond acceptors (Lipinski definition) is 4. The maximum Gasteiger partial charge on any atom is 0.250 e. The van der Waals surface area contributed by atoms with Crippen molar-refractivity contribution in [2.24, 2.45) is 0 Å². The molecule has 3 rings (SSSR count). The van der Waals surface area contributed by atoms with Crippen LogP contribution >= 0.6 is 24.4 Å². The third kappa shape index (κ3) is 10.9. The number of nitrogens with one attached hydrogen (secondary N) is 1. The van der Waals surface area contributed by atoms with Gasteiger partial charge in [-0.1, -0.05) is 140 Å². The molecule has 0 atom stereocenters. The Morgan fingerprint density at radius 3 is 1.83 bits per heavy atom. The lowest BCUT2D eigenvalue weighted by atomic mass is 10.2. The van der Waals surface area contributed by atoms with E-state index in [4.69, 9.17) is 24.4 Å². The summed E-state index contributed by atoms with van der Waals surface area (Å²) in [7, 11) is 3.13. The first kappa shape index (κ1) is 32.8. The first-order chi connectivity index (χ1) is 19.6. The molecular formula is C33H36N4O2S2. The molecule has 1 N–H and O–H groups in total. The van der Waals surface area contributed by atoms with Crippen LogP contribution in [0.15, 0.2) is 127 Å². The average Bonchev–Trinajstić information content (AvgIpc) is 2.98. The van der Waals surface area contributed by atoms with E-state index in [0.29, 0.717) is 15.7 Å². The normalized spacial score (nSPS) is 10.3. The van der Waals surface area contributed by atoms with Gasteiger partial charge in [-0.2, -0.15) is 0 Å². The van der Waals surface area contributed by atoms with Crippen LogP contribution in [0.3, 0.4) is 0 Å². The first-order valence-corrected chi connectivity index (χ1v) is 13.8. The minimum Gasteiger partial charge on any atom is -0.285 e. The summed E-state index contributed by atoms with van der Waals surface area (Å²) in [6.07, 6.45) is 7.55. The van der Waals surface area contributed by atoms with E-state index in [1.54, 1.807) is 12.1 Å². The lowest BCUT2D eigenvalue weighted by Crippen LogP contribution is -2.50. The lowest BCUT2D eigenvalue weighted by molar-refractivity contribution is -0.140. The van der Waals surface area contributed by atoms with E-state index in [1.807, 2.05) is 129 Å². The Bertz CT molecular complexity index is 1370. The van der Waals surface area contributed by atoms with E-state index in [-0.39, 0.29) is 6.42 Å². The fourth-order valence-electron chi connectivity index (χ4n) is 3.37. The number of thiocarbonyl (C=S) groups is 2. The van der Waals surface area contributed by atoms with E-state index in [2.05, 4.69) is 12.0 Å². The molecule has 0 aliphatic heterocycles. The molecular weight excluding hydrogens is 549 g/mol. The lowest BCUT2D eigenvalue weighted by Gasteiger charge is -2.34. The Morgan fingerprint density at radius 1 is 0.805 bits per heavy atom. The van der Waals surface area contributed by atoms with Gasteiger partial charge in [-0.25, -0.2) is 5.01 Å². The Kier molecular flexibility index (Phi) is 13.9. The van der Waals surface area contributed by atoms with Gasteiger partial charge in [-0.05, 0) is 26.0 Å². The largest absolute Gasteiger partial charge is 0.285 e. The highest BCUT2D eigenvalue weighted by molar-refractivity contribution is 7.81.